The molecule has 0 N–H and O–H groups in total. The molecule has 0 unspecified atom stereocenters. The lowest BCUT2D eigenvalue weighted by Crippen LogP contribution is -2.49. The van der Waals surface area contributed by atoms with Gasteiger partial charge in [0.1, 0.15) is 5.82 Å². The first-order valence-corrected chi connectivity index (χ1v) is 7.71. The Morgan fingerprint density at radius 3 is 2.67 bits per heavy atom. The maximum absolute atomic E-state index is 12.8. The maximum atomic E-state index is 12.8. The molecule has 2 aliphatic rings. The van der Waals surface area contributed by atoms with Crippen molar-refractivity contribution in [2.45, 2.75) is 12.3 Å². The SMILES string of the molecule is O=C(c1ccnc(N2CCO[C@@H](C(F)(F)F)C2)c1)N1CCOCC1. The van der Waals surface area contributed by atoms with Gasteiger partial charge in [-0.1, -0.05) is 0 Å². The molecule has 6 nitrogen and oxygen atoms in total. The van der Waals surface area contributed by atoms with Crippen molar-refractivity contribution in [3.05, 3.63) is 23.9 Å². The Labute approximate surface area is 137 Å². The van der Waals surface area contributed by atoms with Gasteiger partial charge >= 0.3 is 6.18 Å². The molecule has 0 spiro atoms. The van der Waals surface area contributed by atoms with E-state index in [0.29, 0.717) is 44.2 Å². The van der Waals surface area contributed by atoms with E-state index in [9.17, 15) is 18.0 Å². The van der Waals surface area contributed by atoms with Crippen LogP contribution in [-0.4, -0.2) is 74.1 Å². The summed E-state index contributed by atoms with van der Waals surface area (Å²) in [5.41, 5.74) is 0.414. The Kier molecular flexibility index (Phi) is 4.91. The molecule has 2 fully saturated rings. The lowest BCUT2D eigenvalue weighted by atomic mass is 10.2. The van der Waals surface area contributed by atoms with Gasteiger partial charge < -0.3 is 19.3 Å². The number of carbonyl (C=O) groups is 1. The van der Waals surface area contributed by atoms with Gasteiger partial charge in [0, 0.05) is 31.4 Å². The number of alkyl halides is 3. The summed E-state index contributed by atoms with van der Waals surface area (Å²) >= 11 is 0. The molecule has 24 heavy (non-hydrogen) atoms. The number of morpholine rings is 2. The van der Waals surface area contributed by atoms with Crippen LogP contribution in [0.3, 0.4) is 0 Å². The van der Waals surface area contributed by atoms with Gasteiger partial charge in [-0.3, -0.25) is 4.79 Å². The summed E-state index contributed by atoms with van der Waals surface area (Å²) in [7, 11) is 0. The number of rotatable bonds is 2. The fourth-order valence-electron chi connectivity index (χ4n) is 2.73. The molecular weight excluding hydrogens is 327 g/mol. The van der Waals surface area contributed by atoms with Gasteiger partial charge in [-0.25, -0.2) is 4.98 Å². The van der Waals surface area contributed by atoms with Gasteiger partial charge in [-0.2, -0.15) is 13.2 Å². The van der Waals surface area contributed by atoms with Crippen LogP contribution < -0.4 is 4.90 Å². The van der Waals surface area contributed by atoms with Crippen LogP contribution in [0.15, 0.2) is 18.3 Å². The molecule has 0 aromatic carbocycles. The molecule has 3 heterocycles. The van der Waals surface area contributed by atoms with Crippen molar-refractivity contribution >= 4 is 11.7 Å². The molecule has 9 heteroatoms. The van der Waals surface area contributed by atoms with E-state index in [1.807, 2.05) is 0 Å². The van der Waals surface area contributed by atoms with E-state index in [-0.39, 0.29) is 19.1 Å². The lowest BCUT2D eigenvalue weighted by Gasteiger charge is -2.34. The average Bonchev–Trinajstić information content (AvgIpc) is 2.61. The van der Waals surface area contributed by atoms with Gasteiger partial charge in [-0.15, -0.1) is 0 Å². The van der Waals surface area contributed by atoms with Crippen LogP contribution in [0.2, 0.25) is 0 Å². The molecule has 1 aromatic heterocycles. The summed E-state index contributed by atoms with van der Waals surface area (Å²) in [5.74, 6) is 0.189. The molecule has 1 amide bonds. The van der Waals surface area contributed by atoms with Crippen LogP contribution in [0, 0.1) is 0 Å². The summed E-state index contributed by atoms with van der Waals surface area (Å²) in [6.07, 6.45) is -4.81. The third-order valence-corrected chi connectivity index (χ3v) is 4.05. The summed E-state index contributed by atoms with van der Waals surface area (Å²) in [6.45, 7) is 1.92. The Hall–Kier alpha value is -1.87. The second-order valence-electron chi connectivity index (χ2n) is 5.65. The van der Waals surface area contributed by atoms with E-state index in [1.165, 1.54) is 17.2 Å². The predicted molar refractivity (Wildman–Crippen MR) is 79.0 cm³/mol. The average molecular weight is 345 g/mol. The van der Waals surface area contributed by atoms with E-state index in [2.05, 4.69) is 4.98 Å². The molecule has 0 radical (unpaired) electrons. The summed E-state index contributed by atoms with van der Waals surface area (Å²) < 4.78 is 48.5. The van der Waals surface area contributed by atoms with Crippen molar-refractivity contribution < 1.29 is 27.4 Å². The van der Waals surface area contributed by atoms with Crippen molar-refractivity contribution in [3.8, 4) is 0 Å². The Bertz CT molecular complexity index is 591. The first-order valence-electron chi connectivity index (χ1n) is 7.71. The van der Waals surface area contributed by atoms with Crippen molar-refractivity contribution in [1.29, 1.82) is 0 Å². The van der Waals surface area contributed by atoms with Crippen LogP contribution in [0.4, 0.5) is 19.0 Å². The summed E-state index contributed by atoms with van der Waals surface area (Å²) in [5, 5.41) is 0. The van der Waals surface area contributed by atoms with Crippen LogP contribution in [0.5, 0.6) is 0 Å². The van der Waals surface area contributed by atoms with Crippen molar-refractivity contribution in [3.63, 3.8) is 0 Å². The minimum atomic E-state index is -4.42. The Balaban J connectivity index is 1.74. The molecule has 3 rings (SSSR count). The molecule has 0 saturated carbocycles. The first kappa shape index (κ1) is 17.0. The van der Waals surface area contributed by atoms with Crippen molar-refractivity contribution in [2.24, 2.45) is 0 Å². The highest BCUT2D eigenvalue weighted by Gasteiger charge is 2.43. The van der Waals surface area contributed by atoms with Crippen LogP contribution in [0.1, 0.15) is 10.4 Å². The van der Waals surface area contributed by atoms with Crippen molar-refractivity contribution in [2.75, 3.05) is 50.9 Å². The summed E-state index contributed by atoms with van der Waals surface area (Å²) in [6, 6.07) is 3.11. The fraction of sp³-hybridized carbons (Fsp3) is 0.600. The van der Waals surface area contributed by atoms with E-state index in [0.717, 1.165) is 0 Å². The second-order valence-corrected chi connectivity index (χ2v) is 5.65. The van der Waals surface area contributed by atoms with Crippen LogP contribution in [0.25, 0.3) is 0 Å². The molecule has 2 saturated heterocycles. The highest BCUT2D eigenvalue weighted by Crippen LogP contribution is 2.27. The molecule has 0 aliphatic carbocycles. The monoisotopic (exact) mass is 345 g/mol. The normalized spacial score (nSPS) is 22.5. The number of pyridine rings is 1. The zero-order chi connectivity index (χ0) is 17.2. The number of hydrogen-bond donors (Lipinski definition) is 0. The number of hydrogen-bond acceptors (Lipinski definition) is 5. The third kappa shape index (κ3) is 3.78. The number of anilines is 1. The molecule has 1 aromatic rings. The standard InChI is InChI=1S/C15H18F3N3O3/c16-15(17,18)12-10-21(5-8-24-12)13-9-11(1-2-19-13)14(22)20-3-6-23-7-4-20/h1-2,9,12H,3-8,10H2/t12-/m1/s1. The Morgan fingerprint density at radius 1 is 1.21 bits per heavy atom. The van der Waals surface area contributed by atoms with Crippen LogP contribution in [-0.2, 0) is 9.47 Å². The fourth-order valence-corrected chi connectivity index (χ4v) is 2.73. The zero-order valence-corrected chi connectivity index (χ0v) is 13.0. The van der Waals surface area contributed by atoms with E-state index in [4.69, 9.17) is 9.47 Å². The molecule has 0 bridgehead atoms. The highest BCUT2D eigenvalue weighted by atomic mass is 19.4. The van der Waals surface area contributed by atoms with E-state index in [1.54, 1.807) is 11.0 Å². The number of aromatic nitrogens is 1. The highest BCUT2D eigenvalue weighted by molar-refractivity contribution is 5.94. The summed E-state index contributed by atoms with van der Waals surface area (Å²) in [4.78, 5) is 19.8. The smallest absolute Gasteiger partial charge is 0.378 e. The minimum absolute atomic E-state index is 0.0342. The number of halogens is 3. The first-order chi connectivity index (χ1) is 11.4. The topological polar surface area (TPSA) is 54.9 Å². The van der Waals surface area contributed by atoms with E-state index < -0.39 is 12.3 Å². The van der Waals surface area contributed by atoms with Gasteiger partial charge in [0.15, 0.2) is 6.10 Å². The number of ether oxygens (including phenoxy) is 2. The molecule has 1 atom stereocenters. The molecular formula is C15H18F3N3O3. The minimum Gasteiger partial charge on any atom is -0.378 e. The largest absolute Gasteiger partial charge is 0.416 e. The third-order valence-electron chi connectivity index (χ3n) is 4.05. The maximum Gasteiger partial charge on any atom is 0.416 e. The van der Waals surface area contributed by atoms with Gasteiger partial charge in [-0.05, 0) is 12.1 Å². The zero-order valence-electron chi connectivity index (χ0n) is 13.0. The number of nitrogens with zero attached hydrogens (tertiary/aromatic N) is 3. The van der Waals surface area contributed by atoms with Crippen molar-refractivity contribution in [1.82, 2.24) is 9.88 Å². The predicted octanol–water partition coefficient (Wildman–Crippen LogP) is 1.32. The molecule has 132 valence electrons. The van der Waals surface area contributed by atoms with Gasteiger partial charge in [0.05, 0.1) is 26.4 Å². The van der Waals surface area contributed by atoms with Gasteiger partial charge in [0.2, 0.25) is 0 Å². The number of carbonyl (C=O) groups excluding carboxylic acids is 1. The lowest BCUT2D eigenvalue weighted by molar-refractivity contribution is -0.221. The quantitative estimate of drug-likeness (QED) is 0.809. The van der Waals surface area contributed by atoms with Crippen LogP contribution >= 0.6 is 0 Å². The molecule has 2 aliphatic heterocycles. The van der Waals surface area contributed by atoms with E-state index >= 15 is 0 Å². The van der Waals surface area contributed by atoms with Gasteiger partial charge in [0.25, 0.3) is 5.91 Å². The number of amides is 1. The Morgan fingerprint density at radius 2 is 1.96 bits per heavy atom. The second kappa shape index (κ2) is 6.94.